The molecule has 0 spiro atoms. The summed E-state index contributed by atoms with van der Waals surface area (Å²) in [6.45, 7) is 2.22. The molecule has 0 heterocycles. The maximum Gasteiger partial charge on any atom is 0.305 e. The largest absolute Gasteiger partial charge is 0.469 e. The molecule has 4 nitrogen and oxygen atoms in total. The Bertz CT molecular complexity index is 327. The van der Waals surface area contributed by atoms with E-state index in [2.05, 4.69) is 6.92 Å². The Labute approximate surface area is 128 Å². The molecule has 3 unspecified atom stereocenters. The van der Waals surface area contributed by atoms with Crippen LogP contribution in [0.3, 0.4) is 0 Å². The van der Waals surface area contributed by atoms with Gasteiger partial charge in [0, 0.05) is 12.8 Å². The minimum absolute atomic E-state index is 0.109. The summed E-state index contributed by atoms with van der Waals surface area (Å²) in [5.74, 6) is 1.70. The van der Waals surface area contributed by atoms with Crippen LogP contribution in [0, 0.1) is 17.8 Å². The zero-order valence-corrected chi connectivity index (χ0v) is 13.7. The lowest BCUT2D eigenvalue weighted by molar-refractivity contribution is -0.141. The molecular weight excluding hydrogens is 268 g/mol. The van der Waals surface area contributed by atoms with Gasteiger partial charge in [-0.3, -0.25) is 9.59 Å². The van der Waals surface area contributed by atoms with Crippen molar-refractivity contribution in [2.24, 2.45) is 17.8 Å². The topological polar surface area (TPSA) is 52.6 Å². The quantitative estimate of drug-likeness (QED) is 0.641. The SMILES string of the molecule is CCCC1CCC(CCC(=O)OC)CC1CCC(=O)OC. The van der Waals surface area contributed by atoms with Crippen LogP contribution in [0.5, 0.6) is 0 Å². The van der Waals surface area contributed by atoms with Crippen LogP contribution in [0.2, 0.25) is 0 Å². The summed E-state index contributed by atoms with van der Waals surface area (Å²) in [5.41, 5.74) is 0. The Kier molecular flexibility index (Phi) is 8.40. The maximum absolute atomic E-state index is 11.4. The normalized spacial score (nSPS) is 25.4. The minimum Gasteiger partial charge on any atom is -0.469 e. The Balaban J connectivity index is 2.47. The van der Waals surface area contributed by atoms with E-state index in [4.69, 9.17) is 9.47 Å². The fraction of sp³-hybridized carbons (Fsp3) is 0.882. The lowest BCUT2D eigenvalue weighted by Crippen LogP contribution is -2.26. The molecule has 21 heavy (non-hydrogen) atoms. The van der Waals surface area contributed by atoms with Gasteiger partial charge in [-0.15, -0.1) is 0 Å². The zero-order chi connectivity index (χ0) is 15.7. The van der Waals surface area contributed by atoms with Gasteiger partial charge < -0.3 is 9.47 Å². The van der Waals surface area contributed by atoms with Crippen molar-refractivity contribution in [3.63, 3.8) is 0 Å². The van der Waals surface area contributed by atoms with Gasteiger partial charge in [-0.1, -0.05) is 26.2 Å². The van der Waals surface area contributed by atoms with Crippen molar-refractivity contribution in [3.8, 4) is 0 Å². The van der Waals surface area contributed by atoms with Crippen LogP contribution in [0.1, 0.15) is 64.7 Å². The Morgan fingerprint density at radius 3 is 2.10 bits per heavy atom. The first-order chi connectivity index (χ1) is 10.1. The second-order valence-corrected chi connectivity index (χ2v) is 6.22. The van der Waals surface area contributed by atoms with Crippen molar-refractivity contribution < 1.29 is 19.1 Å². The number of ether oxygens (including phenoxy) is 2. The fourth-order valence-corrected chi connectivity index (χ4v) is 3.62. The molecule has 0 N–H and O–H groups in total. The predicted molar refractivity (Wildman–Crippen MR) is 81.7 cm³/mol. The van der Waals surface area contributed by atoms with Gasteiger partial charge in [0.15, 0.2) is 0 Å². The van der Waals surface area contributed by atoms with E-state index in [-0.39, 0.29) is 11.9 Å². The minimum atomic E-state index is -0.114. The molecule has 0 amide bonds. The van der Waals surface area contributed by atoms with Crippen molar-refractivity contribution in [3.05, 3.63) is 0 Å². The molecule has 1 fully saturated rings. The van der Waals surface area contributed by atoms with Crippen LogP contribution in [0.15, 0.2) is 0 Å². The van der Waals surface area contributed by atoms with Gasteiger partial charge in [-0.2, -0.15) is 0 Å². The first-order valence-corrected chi connectivity index (χ1v) is 8.24. The lowest BCUT2D eigenvalue weighted by atomic mass is 9.69. The molecule has 0 aliphatic heterocycles. The average molecular weight is 298 g/mol. The molecule has 0 bridgehead atoms. The number of carbonyl (C=O) groups is 2. The molecule has 0 aromatic heterocycles. The first-order valence-electron chi connectivity index (χ1n) is 8.24. The van der Waals surface area contributed by atoms with Gasteiger partial charge in [0.25, 0.3) is 0 Å². The highest BCUT2D eigenvalue weighted by Crippen LogP contribution is 2.40. The smallest absolute Gasteiger partial charge is 0.305 e. The third-order valence-corrected chi connectivity index (χ3v) is 4.84. The Morgan fingerprint density at radius 2 is 1.52 bits per heavy atom. The number of hydrogen-bond donors (Lipinski definition) is 0. The molecular formula is C17H30O4. The van der Waals surface area contributed by atoms with Gasteiger partial charge >= 0.3 is 11.9 Å². The predicted octanol–water partition coefficient (Wildman–Crippen LogP) is 3.73. The molecule has 0 aromatic rings. The molecule has 1 aliphatic rings. The van der Waals surface area contributed by atoms with Crippen LogP contribution in [0.4, 0.5) is 0 Å². The molecule has 3 atom stereocenters. The number of carbonyl (C=O) groups excluding carboxylic acids is 2. The first kappa shape index (κ1) is 18.0. The van der Waals surface area contributed by atoms with Gasteiger partial charge in [0.05, 0.1) is 14.2 Å². The van der Waals surface area contributed by atoms with E-state index in [1.807, 2.05) is 0 Å². The number of methoxy groups -OCH3 is 2. The number of rotatable bonds is 8. The molecule has 0 aromatic carbocycles. The highest BCUT2D eigenvalue weighted by atomic mass is 16.5. The van der Waals surface area contributed by atoms with E-state index in [9.17, 15) is 9.59 Å². The molecule has 1 aliphatic carbocycles. The average Bonchev–Trinajstić information content (AvgIpc) is 2.51. The van der Waals surface area contributed by atoms with Gasteiger partial charge in [0.1, 0.15) is 0 Å². The molecule has 1 saturated carbocycles. The van der Waals surface area contributed by atoms with Gasteiger partial charge in [-0.25, -0.2) is 0 Å². The monoisotopic (exact) mass is 298 g/mol. The summed E-state index contributed by atoms with van der Waals surface area (Å²) in [6, 6.07) is 0. The summed E-state index contributed by atoms with van der Waals surface area (Å²) in [7, 11) is 2.89. The van der Waals surface area contributed by atoms with Crippen LogP contribution in [-0.4, -0.2) is 26.2 Å². The highest BCUT2D eigenvalue weighted by Gasteiger charge is 2.30. The molecule has 0 saturated heterocycles. The summed E-state index contributed by atoms with van der Waals surface area (Å²) >= 11 is 0. The van der Waals surface area contributed by atoms with E-state index in [1.54, 1.807) is 0 Å². The lowest BCUT2D eigenvalue weighted by Gasteiger charge is -2.36. The van der Waals surface area contributed by atoms with E-state index >= 15 is 0 Å². The maximum atomic E-state index is 11.4. The molecule has 4 heteroatoms. The Morgan fingerprint density at radius 1 is 0.905 bits per heavy atom. The van der Waals surface area contributed by atoms with Crippen LogP contribution < -0.4 is 0 Å². The molecule has 0 radical (unpaired) electrons. The van der Waals surface area contributed by atoms with Crippen molar-refractivity contribution in [1.82, 2.24) is 0 Å². The standard InChI is InChI=1S/C17H30O4/c1-4-5-14-8-6-13(7-10-16(18)20-2)12-15(14)9-11-17(19)21-3/h13-15H,4-12H2,1-3H3. The van der Waals surface area contributed by atoms with E-state index in [1.165, 1.54) is 39.9 Å². The third kappa shape index (κ3) is 6.49. The summed E-state index contributed by atoms with van der Waals surface area (Å²) in [6.07, 6.45) is 8.89. The molecule has 122 valence electrons. The van der Waals surface area contributed by atoms with Crippen LogP contribution >= 0.6 is 0 Å². The van der Waals surface area contributed by atoms with Crippen molar-refractivity contribution >= 4 is 11.9 Å². The third-order valence-electron chi connectivity index (χ3n) is 4.84. The number of hydrogen-bond acceptors (Lipinski definition) is 4. The number of esters is 2. The van der Waals surface area contributed by atoms with Crippen molar-refractivity contribution in [2.45, 2.75) is 64.7 Å². The summed E-state index contributed by atoms with van der Waals surface area (Å²) < 4.78 is 9.48. The fourth-order valence-electron chi connectivity index (χ4n) is 3.62. The van der Waals surface area contributed by atoms with E-state index < -0.39 is 0 Å². The Hall–Kier alpha value is -1.06. The summed E-state index contributed by atoms with van der Waals surface area (Å²) in [4.78, 5) is 22.6. The zero-order valence-electron chi connectivity index (χ0n) is 13.7. The van der Waals surface area contributed by atoms with Crippen LogP contribution in [-0.2, 0) is 19.1 Å². The van der Waals surface area contributed by atoms with Gasteiger partial charge in [0.2, 0.25) is 0 Å². The van der Waals surface area contributed by atoms with Crippen molar-refractivity contribution in [1.29, 1.82) is 0 Å². The van der Waals surface area contributed by atoms with Gasteiger partial charge in [-0.05, 0) is 43.4 Å². The van der Waals surface area contributed by atoms with Crippen molar-refractivity contribution in [2.75, 3.05) is 14.2 Å². The van der Waals surface area contributed by atoms with E-state index in [0.29, 0.717) is 24.7 Å². The van der Waals surface area contributed by atoms with Crippen LogP contribution in [0.25, 0.3) is 0 Å². The van der Waals surface area contributed by atoms with E-state index in [0.717, 1.165) is 25.2 Å². The second kappa shape index (κ2) is 9.80. The molecule has 1 rings (SSSR count). The highest BCUT2D eigenvalue weighted by molar-refractivity contribution is 5.69. The second-order valence-electron chi connectivity index (χ2n) is 6.22. The summed E-state index contributed by atoms with van der Waals surface area (Å²) in [5, 5.41) is 0.